The molecule has 1 N–H and O–H groups in total. The van der Waals surface area contributed by atoms with Crippen molar-refractivity contribution in [1.82, 2.24) is 20.1 Å². The first-order valence-electron chi connectivity index (χ1n) is 11.3. The van der Waals surface area contributed by atoms with Crippen molar-refractivity contribution in [2.75, 3.05) is 18.0 Å². The van der Waals surface area contributed by atoms with Crippen LogP contribution in [-0.2, 0) is 19.5 Å². The quantitative estimate of drug-likeness (QED) is 0.626. The Hall–Kier alpha value is -3.15. The lowest BCUT2D eigenvalue weighted by atomic mass is 10.1. The van der Waals surface area contributed by atoms with E-state index in [1.165, 1.54) is 31.2 Å². The van der Waals surface area contributed by atoms with E-state index < -0.39 is 0 Å². The van der Waals surface area contributed by atoms with Crippen LogP contribution in [0.3, 0.4) is 0 Å². The van der Waals surface area contributed by atoms with E-state index >= 15 is 0 Å². The van der Waals surface area contributed by atoms with Gasteiger partial charge >= 0.3 is 0 Å². The summed E-state index contributed by atoms with van der Waals surface area (Å²) in [5.74, 6) is 0.945. The SMILES string of the molecule is CCc1c(C(=O)NCc2ccc(N3CCCCCC3)nc2)cnn1Cc1ccccc1. The number of anilines is 1. The van der Waals surface area contributed by atoms with E-state index in [0.717, 1.165) is 36.6 Å². The number of hydrogen-bond donors (Lipinski definition) is 1. The molecule has 1 aliphatic heterocycles. The van der Waals surface area contributed by atoms with Crippen LogP contribution in [0, 0.1) is 0 Å². The highest BCUT2D eigenvalue weighted by Crippen LogP contribution is 2.18. The molecule has 0 bridgehead atoms. The maximum atomic E-state index is 12.8. The van der Waals surface area contributed by atoms with Gasteiger partial charge in [0.15, 0.2) is 0 Å². The maximum absolute atomic E-state index is 12.8. The Morgan fingerprint density at radius 2 is 1.74 bits per heavy atom. The second-order valence-corrected chi connectivity index (χ2v) is 8.11. The Morgan fingerprint density at radius 3 is 2.42 bits per heavy atom. The minimum Gasteiger partial charge on any atom is -0.357 e. The molecule has 1 amide bonds. The van der Waals surface area contributed by atoms with Gasteiger partial charge in [-0.25, -0.2) is 4.98 Å². The highest BCUT2D eigenvalue weighted by molar-refractivity contribution is 5.95. The predicted octanol–water partition coefficient (Wildman–Crippen LogP) is 4.20. The molecule has 1 saturated heterocycles. The Bertz CT molecular complexity index is 973. The summed E-state index contributed by atoms with van der Waals surface area (Å²) in [5, 5.41) is 7.50. The molecule has 2 aromatic heterocycles. The molecule has 6 heteroatoms. The van der Waals surface area contributed by atoms with Gasteiger partial charge < -0.3 is 10.2 Å². The molecule has 0 unspecified atom stereocenters. The van der Waals surface area contributed by atoms with Gasteiger partial charge in [0.2, 0.25) is 0 Å². The first kappa shape index (κ1) is 21.1. The normalized spacial score (nSPS) is 14.3. The molecule has 1 aliphatic rings. The second kappa shape index (κ2) is 10.2. The van der Waals surface area contributed by atoms with E-state index in [4.69, 9.17) is 0 Å². The van der Waals surface area contributed by atoms with Gasteiger partial charge in [0, 0.05) is 25.8 Å². The van der Waals surface area contributed by atoms with Crippen molar-refractivity contribution in [2.24, 2.45) is 0 Å². The minimum atomic E-state index is -0.0900. The van der Waals surface area contributed by atoms with Gasteiger partial charge in [-0.3, -0.25) is 9.48 Å². The van der Waals surface area contributed by atoms with E-state index in [-0.39, 0.29) is 5.91 Å². The highest BCUT2D eigenvalue weighted by Gasteiger charge is 2.16. The molecule has 3 aromatic rings. The predicted molar refractivity (Wildman–Crippen MR) is 123 cm³/mol. The lowest BCUT2D eigenvalue weighted by Crippen LogP contribution is -2.25. The maximum Gasteiger partial charge on any atom is 0.255 e. The molecular weight excluding hydrogens is 386 g/mol. The van der Waals surface area contributed by atoms with Crippen molar-refractivity contribution in [1.29, 1.82) is 0 Å². The topological polar surface area (TPSA) is 63.1 Å². The number of rotatable bonds is 7. The standard InChI is InChI=1S/C25H31N5O/c1-2-23-22(18-28-30(23)19-20-10-6-5-7-11-20)25(31)27-17-21-12-13-24(26-16-21)29-14-8-3-4-9-15-29/h5-7,10-13,16,18H,2-4,8-9,14-15,17,19H2,1H3,(H,27,31). The molecule has 0 spiro atoms. The Kier molecular flexibility index (Phi) is 6.97. The van der Waals surface area contributed by atoms with Gasteiger partial charge in [0.25, 0.3) is 5.91 Å². The molecular formula is C25H31N5O. The van der Waals surface area contributed by atoms with Crippen molar-refractivity contribution < 1.29 is 4.79 Å². The second-order valence-electron chi connectivity index (χ2n) is 8.11. The fraction of sp³-hybridized carbons (Fsp3) is 0.400. The molecule has 0 radical (unpaired) electrons. The van der Waals surface area contributed by atoms with Gasteiger partial charge in [-0.05, 0) is 36.5 Å². The fourth-order valence-corrected chi connectivity index (χ4v) is 4.15. The molecule has 0 atom stereocenters. The van der Waals surface area contributed by atoms with E-state index in [9.17, 15) is 4.79 Å². The van der Waals surface area contributed by atoms with Crippen LogP contribution >= 0.6 is 0 Å². The minimum absolute atomic E-state index is 0.0900. The number of benzene rings is 1. The van der Waals surface area contributed by atoms with Crippen LogP contribution < -0.4 is 10.2 Å². The number of hydrogen-bond acceptors (Lipinski definition) is 4. The summed E-state index contributed by atoms with van der Waals surface area (Å²) < 4.78 is 1.92. The van der Waals surface area contributed by atoms with E-state index in [1.807, 2.05) is 29.1 Å². The van der Waals surface area contributed by atoms with Gasteiger partial charge in [0.05, 0.1) is 24.0 Å². The Labute approximate surface area is 184 Å². The summed E-state index contributed by atoms with van der Waals surface area (Å²) >= 11 is 0. The molecule has 1 fully saturated rings. The summed E-state index contributed by atoms with van der Waals surface area (Å²) in [4.78, 5) is 19.8. The van der Waals surface area contributed by atoms with Crippen LogP contribution in [0.1, 0.15) is 59.8 Å². The van der Waals surface area contributed by atoms with Crippen LogP contribution in [0.15, 0.2) is 54.9 Å². The van der Waals surface area contributed by atoms with Gasteiger partial charge in [-0.15, -0.1) is 0 Å². The van der Waals surface area contributed by atoms with E-state index in [0.29, 0.717) is 18.7 Å². The third-order valence-electron chi connectivity index (χ3n) is 5.90. The fourth-order valence-electron chi connectivity index (χ4n) is 4.15. The molecule has 0 aliphatic carbocycles. The van der Waals surface area contributed by atoms with E-state index in [1.54, 1.807) is 6.20 Å². The van der Waals surface area contributed by atoms with Crippen molar-refractivity contribution in [3.05, 3.63) is 77.2 Å². The van der Waals surface area contributed by atoms with Crippen LogP contribution in [0.2, 0.25) is 0 Å². The smallest absolute Gasteiger partial charge is 0.255 e. The number of pyridine rings is 1. The van der Waals surface area contributed by atoms with Crippen LogP contribution in [-0.4, -0.2) is 33.8 Å². The Morgan fingerprint density at radius 1 is 0.968 bits per heavy atom. The summed E-state index contributed by atoms with van der Waals surface area (Å²) in [6, 6.07) is 14.3. The van der Waals surface area contributed by atoms with Crippen molar-refractivity contribution in [3.63, 3.8) is 0 Å². The van der Waals surface area contributed by atoms with Gasteiger partial charge in [-0.2, -0.15) is 5.10 Å². The van der Waals surface area contributed by atoms with E-state index in [2.05, 4.69) is 51.5 Å². The number of amides is 1. The molecule has 1 aromatic carbocycles. The molecule has 31 heavy (non-hydrogen) atoms. The number of nitrogens with one attached hydrogen (secondary N) is 1. The number of carbonyl (C=O) groups excluding carboxylic acids is 1. The van der Waals surface area contributed by atoms with Crippen molar-refractivity contribution >= 4 is 11.7 Å². The van der Waals surface area contributed by atoms with Gasteiger partial charge in [0.1, 0.15) is 5.82 Å². The third kappa shape index (κ3) is 5.32. The summed E-state index contributed by atoms with van der Waals surface area (Å²) in [7, 11) is 0. The Balaban J connectivity index is 1.37. The molecule has 162 valence electrons. The summed E-state index contributed by atoms with van der Waals surface area (Å²) in [5.41, 5.74) is 3.77. The zero-order chi connectivity index (χ0) is 21.5. The number of nitrogens with zero attached hydrogens (tertiary/aromatic N) is 4. The molecule has 0 saturated carbocycles. The largest absolute Gasteiger partial charge is 0.357 e. The summed E-state index contributed by atoms with van der Waals surface area (Å²) in [6.45, 7) is 5.34. The van der Waals surface area contributed by atoms with Crippen LogP contribution in [0.5, 0.6) is 0 Å². The number of carbonyl (C=O) groups is 1. The lowest BCUT2D eigenvalue weighted by molar-refractivity contribution is 0.0950. The molecule has 6 nitrogen and oxygen atoms in total. The zero-order valence-corrected chi connectivity index (χ0v) is 18.3. The monoisotopic (exact) mass is 417 g/mol. The van der Waals surface area contributed by atoms with Crippen LogP contribution in [0.4, 0.5) is 5.82 Å². The third-order valence-corrected chi connectivity index (χ3v) is 5.90. The van der Waals surface area contributed by atoms with Crippen molar-refractivity contribution in [3.8, 4) is 0 Å². The first-order valence-corrected chi connectivity index (χ1v) is 11.3. The average Bonchev–Trinajstić information content (AvgIpc) is 3.02. The first-order chi connectivity index (χ1) is 15.2. The molecule has 3 heterocycles. The summed E-state index contributed by atoms with van der Waals surface area (Å²) in [6.07, 6.45) is 9.39. The van der Waals surface area contributed by atoms with Crippen molar-refractivity contribution in [2.45, 2.75) is 52.1 Å². The lowest BCUT2D eigenvalue weighted by Gasteiger charge is -2.21. The number of aromatic nitrogens is 3. The average molecular weight is 418 g/mol. The highest BCUT2D eigenvalue weighted by atomic mass is 16.1. The molecule has 4 rings (SSSR count). The van der Waals surface area contributed by atoms with Gasteiger partial charge in [-0.1, -0.05) is 56.2 Å². The van der Waals surface area contributed by atoms with Crippen LogP contribution in [0.25, 0.3) is 0 Å². The zero-order valence-electron chi connectivity index (χ0n) is 18.3.